The summed E-state index contributed by atoms with van der Waals surface area (Å²) in [5.41, 5.74) is 7.18. The molecule has 0 bridgehead atoms. The second kappa shape index (κ2) is 7.45. The SMILES string of the molecule is Nc1c2ccccc2nn1C(CC1CCCCC1)C(=O)Nc1nccs1. The fourth-order valence-electron chi connectivity index (χ4n) is 3.84. The molecule has 26 heavy (non-hydrogen) atoms. The molecule has 2 aromatic heterocycles. The van der Waals surface area contributed by atoms with Crippen LogP contribution in [-0.4, -0.2) is 20.7 Å². The number of fused-ring (bicyclic) bond motifs is 1. The minimum atomic E-state index is -0.422. The van der Waals surface area contributed by atoms with Gasteiger partial charge in [-0.05, 0) is 24.5 Å². The number of nitrogens with two attached hydrogens (primary N) is 1. The van der Waals surface area contributed by atoms with Crippen LogP contribution in [-0.2, 0) is 4.79 Å². The van der Waals surface area contributed by atoms with Crippen molar-refractivity contribution in [1.82, 2.24) is 14.8 Å². The summed E-state index contributed by atoms with van der Waals surface area (Å²) in [7, 11) is 0. The molecule has 4 rings (SSSR count). The van der Waals surface area contributed by atoms with Crippen LogP contribution in [0, 0.1) is 5.92 Å². The Labute approximate surface area is 156 Å². The molecule has 6 nitrogen and oxygen atoms in total. The first-order chi connectivity index (χ1) is 12.7. The Morgan fingerprint density at radius 2 is 2.12 bits per heavy atom. The number of aromatic nitrogens is 3. The van der Waals surface area contributed by atoms with Crippen molar-refractivity contribution in [1.29, 1.82) is 0 Å². The van der Waals surface area contributed by atoms with E-state index in [0.717, 1.165) is 17.3 Å². The van der Waals surface area contributed by atoms with Crippen LogP contribution in [0.15, 0.2) is 35.8 Å². The van der Waals surface area contributed by atoms with Crippen molar-refractivity contribution in [2.75, 3.05) is 11.1 Å². The van der Waals surface area contributed by atoms with E-state index < -0.39 is 6.04 Å². The topological polar surface area (TPSA) is 85.8 Å². The van der Waals surface area contributed by atoms with Crippen LogP contribution in [0.3, 0.4) is 0 Å². The quantitative estimate of drug-likeness (QED) is 0.705. The molecule has 3 aromatic rings. The molecule has 1 aliphatic carbocycles. The Morgan fingerprint density at radius 1 is 1.31 bits per heavy atom. The highest BCUT2D eigenvalue weighted by atomic mass is 32.1. The molecule has 3 N–H and O–H groups in total. The summed E-state index contributed by atoms with van der Waals surface area (Å²) in [6.45, 7) is 0. The number of nitrogens with one attached hydrogen (secondary N) is 1. The highest BCUT2D eigenvalue weighted by Crippen LogP contribution is 2.34. The van der Waals surface area contributed by atoms with Gasteiger partial charge in [-0.3, -0.25) is 4.79 Å². The maximum Gasteiger partial charge on any atom is 0.251 e. The summed E-state index contributed by atoms with van der Waals surface area (Å²) in [6, 6.07) is 7.33. The van der Waals surface area contributed by atoms with Crippen molar-refractivity contribution in [3.8, 4) is 0 Å². The Hall–Kier alpha value is -2.41. The number of amides is 1. The van der Waals surface area contributed by atoms with Crippen molar-refractivity contribution in [2.24, 2.45) is 5.92 Å². The summed E-state index contributed by atoms with van der Waals surface area (Å²) in [4.78, 5) is 17.2. The van der Waals surface area contributed by atoms with Crippen molar-refractivity contribution < 1.29 is 4.79 Å². The molecule has 1 atom stereocenters. The largest absolute Gasteiger partial charge is 0.383 e. The summed E-state index contributed by atoms with van der Waals surface area (Å²) in [5, 5.41) is 10.9. The first-order valence-corrected chi connectivity index (χ1v) is 10.0. The highest BCUT2D eigenvalue weighted by molar-refractivity contribution is 7.13. The monoisotopic (exact) mass is 369 g/mol. The Morgan fingerprint density at radius 3 is 2.85 bits per heavy atom. The molecule has 7 heteroatoms. The lowest BCUT2D eigenvalue weighted by Gasteiger charge is -2.26. The third-order valence-corrected chi connectivity index (χ3v) is 5.87. The number of anilines is 2. The van der Waals surface area contributed by atoms with Gasteiger partial charge in [0.25, 0.3) is 5.91 Å². The van der Waals surface area contributed by atoms with Gasteiger partial charge >= 0.3 is 0 Å². The van der Waals surface area contributed by atoms with Gasteiger partial charge in [0.15, 0.2) is 5.13 Å². The van der Waals surface area contributed by atoms with E-state index in [4.69, 9.17) is 5.73 Å². The second-order valence-corrected chi connectivity index (χ2v) is 7.82. The van der Waals surface area contributed by atoms with Crippen LogP contribution in [0.1, 0.15) is 44.6 Å². The van der Waals surface area contributed by atoms with E-state index in [1.165, 1.54) is 43.4 Å². The Balaban J connectivity index is 1.66. The average Bonchev–Trinajstić information content (AvgIpc) is 3.29. The third-order valence-electron chi connectivity index (χ3n) is 5.18. The first kappa shape index (κ1) is 17.0. The number of hydrogen-bond acceptors (Lipinski definition) is 5. The average molecular weight is 369 g/mol. The molecular weight excluding hydrogens is 346 g/mol. The number of nitrogen functional groups attached to an aromatic ring is 1. The number of rotatable bonds is 5. The number of carbonyl (C=O) groups is 1. The van der Waals surface area contributed by atoms with Crippen molar-refractivity contribution >= 4 is 39.1 Å². The molecule has 1 saturated carbocycles. The van der Waals surface area contributed by atoms with Crippen LogP contribution < -0.4 is 11.1 Å². The molecule has 0 saturated heterocycles. The van der Waals surface area contributed by atoms with Crippen LogP contribution in [0.25, 0.3) is 10.9 Å². The first-order valence-electron chi connectivity index (χ1n) is 9.15. The molecule has 1 aliphatic rings. The maximum atomic E-state index is 13.1. The van der Waals surface area contributed by atoms with Crippen LogP contribution in [0.2, 0.25) is 0 Å². The predicted molar refractivity (Wildman–Crippen MR) is 105 cm³/mol. The van der Waals surface area contributed by atoms with Crippen molar-refractivity contribution in [2.45, 2.75) is 44.6 Å². The van der Waals surface area contributed by atoms with E-state index in [0.29, 0.717) is 16.9 Å². The number of nitrogens with zero attached hydrogens (tertiary/aromatic N) is 3. The smallest absolute Gasteiger partial charge is 0.251 e. The molecular formula is C19H23N5OS. The van der Waals surface area contributed by atoms with Crippen molar-refractivity contribution in [3.05, 3.63) is 35.8 Å². The standard InChI is InChI=1S/C19H23N5OS/c20-17-14-8-4-5-9-15(14)23-24(17)16(12-13-6-2-1-3-7-13)18(25)22-19-21-10-11-26-19/h4-5,8-11,13,16H,1-3,6-7,12,20H2,(H,21,22,25). The summed E-state index contributed by atoms with van der Waals surface area (Å²) in [5.74, 6) is 0.989. The summed E-state index contributed by atoms with van der Waals surface area (Å²) in [6.07, 6.45) is 8.55. The van der Waals surface area contributed by atoms with E-state index in [1.807, 2.05) is 29.6 Å². The van der Waals surface area contributed by atoms with Gasteiger partial charge in [0.1, 0.15) is 11.9 Å². The van der Waals surface area contributed by atoms with Gasteiger partial charge in [0, 0.05) is 17.0 Å². The fourth-order valence-corrected chi connectivity index (χ4v) is 4.37. The van der Waals surface area contributed by atoms with Crippen LogP contribution in [0.4, 0.5) is 10.9 Å². The lowest BCUT2D eigenvalue weighted by atomic mass is 9.84. The van der Waals surface area contributed by atoms with E-state index in [9.17, 15) is 4.79 Å². The van der Waals surface area contributed by atoms with Gasteiger partial charge in [-0.1, -0.05) is 44.2 Å². The number of benzene rings is 1. The van der Waals surface area contributed by atoms with Gasteiger partial charge in [-0.2, -0.15) is 5.10 Å². The van der Waals surface area contributed by atoms with Gasteiger partial charge in [0.05, 0.1) is 5.52 Å². The minimum Gasteiger partial charge on any atom is -0.383 e. The number of carbonyl (C=O) groups excluding carboxylic acids is 1. The number of hydrogen-bond donors (Lipinski definition) is 2. The molecule has 1 unspecified atom stereocenters. The molecule has 1 fully saturated rings. The molecule has 0 radical (unpaired) electrons. The minimum absolute atomic E-state index is 0.0926. The lowest BCUT2D eigenvalue weighted by molar-refractivity contribution is -0.120. The van der Waals surface area contributed by atoms with Gasteiger partial charge in [-0.25, -0.2) is 9.67 Å². The van der Waals surface area contributed by atoms with Crippen LogP contribution >= 0.6 is 11.3 Å². The second-order valence-electron chi connectivity index (χ2n) is 6.93. The van der Waals surface area contributed by atoms with Gasteiger partial charge in [0.2, 0.25) is 0 Å². The number of thiazole rings is 1. The van der Waals surface area contributed by atoms with Gasteiger partial charge < -0.3 is 11.1 Å². The van der Waals surface area contributed by atoms with Crippen LogP contribution in [0.5, 0.6) is 0 Å². The summed E-state index contributed by atoms with van der Waals surface area (Å²) >= 11 is 1.42. The zero-order chi connectivity index (χ0) is 17.9. The molecule has 1 aromatic carbocycles. The van der Waals surface area contributed by atoms with E-state index in [1.54, 1.807) is 10.9 Å². The maximum absolute atomic E-state index is 13.1. The lowest BCUT2D eigenvalue weighted by Crippen LogP contribution is -2.30. The predicted octanol–water partition coefficient (Wildman–Crippen LogP) is 4.23. The van der Waals surface area contributed by atoms with Crippen molar-refractivity contribution in [3.63, 3.8) is 0 Å². The zero-order valence-corrected chi connectivity index (χ0v) is 15.4. The fraction of sp³-hybridized carbons (Fsp3) is 0.421. The normalized spacial score (nSPS) is 16.6. The summed E-state index contributed by atoms with van der Waals surface area (Å²) < 4.78 is 1.71. The Kier molecular flexibility index (Phi) is 4.88. The third kappa shape index (κ3) is 3.44. The van der Waals surface area contributed by atoms with E-state index in [2.05, 4.69) is 15.4 Å². The van der Waals surface area contributed by atoms with Gasteiger partial charge in [-0.15, -0.1) is 11.3 Å². The molecule has 136 valence electrons. The zero-order valence-electron chi connectivity index (χ0n) is 14.6. The Bertz CT molecular complexity index is 883. The molecule has 0 aliphatic heterocycles. The molecule has 1 amide bonds. The molecule has 0 spiro atoms. The van der Waals surface area contributed by atoms with E-state index in [-0.39, 0.29) is 5.91 Å². The highest BCUT2D eigenvalue weighted by Gasteiger charge is 2.29. The molecule has 2 heterocycles. The van der Waals surface area contributed by atoms with E-state index >= 15 is 0 Å².